The van der Waals surface area contributed by atoms with Crippen LogP contribution in [0.3, 0.4) is 0 Å². The predicted octanol–water partition coefficient (Wildman–Crippen LogP) is 1.86. The normalized spacial score (nSPS) is 18.9. The van der Waals surface area contributed by atoms with E-state index in [9.17, 15) is 8.42 Å². The van der Waals surface area contributed by atoms with Crippen LogP contribution in [-0.2, 0) is 14.8 Å². The molecular weight excluding hydrogens is 306 g/mol. The van der Waals surface area contributed by atoms with Gasteiger partial charge in [0, 0.05) is 24.2 Å². The van der Waals surface area contributed by atoms with E-state index in [4.69, 9.17) is 4.74 Å². The number of nitrogens with zero attached hydrogens (tertiary/aromatic N) is 1. The van der Waals surface area contributed by atoms with E-state index in [0.717, 1.165) is 10.9 Å². The number of rotatable bonds is 2. The molecule has 94 valence electrons. The number of hydrogen-bond donors (Lipinski definition) is 0. The molecular formula is C11H14BrNO3S. The van der Waals surface area contributed by atoms with Gasteiger partial charge in [-0.05, 0) is 30.7 Å². The first-order chi connectivity index (χ1) is 8.10. The van der Waals surface area contributed by atoms with Gasteiger partial charge in [0.05, 0.1) is 11.5 Å². The van der Waals surface area contributed by atoms with Crippen LogP contribution < -0.4 is 0 Å². The van der Waals surface area contributed by atoms with E-state index in [1.165, 1.54) is 4.31 Å². The Hall–Kier alpha value is -0.430. The average Bonchev–Trinajstić information content (AvgIpc) is 2.58. The molecule has 1 aliphatic heterocycles. The smallest absolute Gasteiger partial charge is 0.243 e. The number of sulfonamides is 1. The van der Waals surface area contributed by atoms with Crippen molar-refractivity contribution in [3.63, 3.8) is 0 Å². The lowest BCUT2D eigenvalue weighted by atomic mass is 10.4. The molecule has 6 heteroatoms. The maximum absolute atomic E-state index is 12.3. The van der Waals surface area contributed by atoms with E-state index >= 15 is 0 Å². The lowest BCUT2D eigenvalue weighted by molar-refractivity contribution is 0.148. The van der Waals surface area contributed by atoms with Gasteiger partial charge in [0.15, 0.2) is 0 Å². The fourth-order valence-electron chi connectivity index (χ4n) is 1.72. The highest BCUT2D eigenvalue weighted by atomic mass is 79.9. The molecule has 0 spiro atoms. The van der Waals surface area contributed by atoms with Crippen molar-refractivity contribution in [2.75, 3.05) is 26.3 Å². The van der Waals surface area contributed by atoms with Crippen LogP contribution in [0.5, 0.6) is 0 Å². The van der Waals surface area contributed by atoms with Gasteiger partial charge in [0.1, 0.15) is 0 Å². The standard InChI is InChI=1S/C11H14BrNO3S/c12-10-2-4-11(5-3-10)17(14,15)13-6-1-8-16-9-7-13/h2-5H,1,6-9H2. The Kier molecular flexibility index (Phi) is 4.19. The maximum Gasteiger partial charge on any atom is 0.243 e. The molecule has 0 aliphatic carbocycles. The van der Waals surface area contributed by atoms with Gasteiger partial charge in [-0.25, -0.2) is 8.42 Å². The predicted molar refractivity (Wildman–Crippen MR) is 68.3 cm³/mol. The van der Waals surface area contributed by atoms with E-state index in [1.54, 1.807) is 24.3 Å². The first-order valence-corrected chi connectivity index (χ1v) is 7.67. The zero-order valence-corrected chi connectivity index (χ0v) is 11.7. The first kappa shape index (κ1) is 13.0. The van der Waals surface area contributed by atoms with E-state index in [2.05, 4.69) is 15.9 Å². The van der Waals surface area contributed by atoms with Gasteiger partial charge in [-0.1, -0.05) is 15.9 Å². The van der Waals surface area contributed by atoms with Gasteiger partial charge in [-0.15, -0.1) is 0 Å². The summed E-state index contributed by atoms with van der Waals surface area (Å²) < 4.78 is 32.2. The number of ether oxygens (including phenoxy) is 1. The summed E-state index contributed by atoms with van der Waals surface area (Å²) in [5.41, 5.74) is 0. The largest absolute Gasteiger partial charge is 0.380 e. The van der Waals surface area contributed by atoms with Crippen LogP contribution in [0.25, 0.3) is 0 Å². The molecule has 0 aromatic heterocycles. The summed E-state index contributed by atoms with van der Waals surface area (Å²) in [7, 11) is -3.37. The van der Waals surface area contributed by atoms with Crippen molar-refractivity contribution in [3.8, 4) is 0 Å². The van der Waals surface area contributed by atoms with E-state index in [0.29, 0.717) is 31.2 Å². The summed E-state index contributed by atoms with van der Waals surface area (Å²) in [6.45, 7) is 2.05. The minimum Gasteiger partial charge on any atom is -0.380 e. The summed E-state index contributed by atoms with van der Waals surface area (Å²) in [5.74, 6) is 0. The summed E-state index contributed by atoms with van der Waals surface area (Å²) in [6.07, 6.45) is 0.746. The van der Waals surface area contributed by atoms with Crippen molar-refractivity contribution in [2.24, 2.45) is 0 Å². The molecule has 0 radical (unpaired) electrons. The molecule has 1 aromatic carbocycles. The second-order valence-electron chi connectivity index (χ2n) is 3.82. The third-order valence-electron chi connectivity index (χ3n) is 2.63. The zero-order valence-electron chi connectivity index (χ0n) is 9.30. The number of hydrogen-bond acceptors (Lipinski definition) is 3. The van der Waals surface area contributed by atoms with Crippen molar-refractivity contribution < 1.29 is 13.2 Å². The second-order valence-corrected chi connectivity index (χ2v) is 6.68. The first-order valence-electron chi connectivity index (χ1n) is 5.44. The Morgan fingerprint density at radius 1 is 1.12 bits per heavy atom. The van der Waals surface area contributed by atoms with Crippen LogP contribution in [0, 0.1) is 0 Å². The molecule has 1 heterocycles. The fraction of sp³-hybridized carbons (Fsp3) is 0.455. The van der Waals surface area contributed by atoms with Crippen LogP contribution in [0.2, 0.25) is 0 Å². The molecule has 0 saturated carbocycles. The molecule has 17 heavy (non-hydrogen) atoms. The Bertz CT molecular complexity index is 464. The molecule has 0 atom stereocenters. The molecule has 0 N–H and O–H groups in total. The fourth-order valence-corrected chi connectivity index (χ4v) is 3.45. The van der Waals surface area contributed by atoms with Gasteiger partial charge in [0.25, 0.3) is 0 Å². The topological polar surface area (TPSA) is 46.6 Å². The minimum absolute atomic E-state index is 0.336. The summed E-state index contributed by atoms with van der Waals surface area (Å²) in [5, 5.41) is 0. The van der Waals surface area contributed by atoms with E-state index < -0.39 is 10.0 Å². The Morgan fingerprint density at radius 2 is 1.82 bits per heavy atom. The van der Waals surface area contributed by atoms with E-state index in [-0.39, 0.29) is 0 Å². The summed E-state index contributed by atoms with van der Waals surface area (Å²) in [6, 6.07) is 6.71. The monoisotopic (exact) mass is 319 g/mol. The molecule has 0 amide bonds. The van der Waals surface area contributed by atoms with Crippen molar-refractivity contribution in [1.82, 2.24) is 4.31 Å². The number of halogens is 1. The molecule has 1 saturated heterocycles. The van der Waals surface area contributed by atoms with Gasteiger partial charge in [0.2, 0.25) is 10.0 Å². The second kappa shape index (κ2) is 5.48. The Labute approximate surface area is 110 Å². The molecule has 0 bridgehead atoms. The highest BCUT2D eigenvalue weighted by Gasteiger charge is 2.24. The number of benzene rings is 1. The summed E-state index contributed by atoms with van der Waals surface area (Å²) >= 11 is 3.29. The van der Waals surface area contributed by atoms with Crippen LogP contribution >= 0.6 is 15.9 Å². The highest BCUT2D eigenvalue weighted by Crippen LogP contribution is 2.19. The molecule has 0 unspecified atom stereocenters. The lowest BCUT2D eigenvalue weighted by Gasteiger charge is -2.19. The van der Waals surface area contributed by atoms with Crippen LogP contribution in [-0.4, -0.2) is 39.0 Å². The molecule has 1 fully saturated rings. The van der Waals surface area contributed by atoms with E-state index in [1.807, 2.05) is 0 Å². The molecule has 1 aliphatic rings. The van der Waals surface area contributed by atoms with Crippen LogP contribution in [0.15, 0.2) is 33.6 Å². The van der Waals surface area contributed by atoms with Crippen LogP contribution in [0.4, 0.5) is 0 Å². The van der Waals surface area contributed by atoms with Crippen molar-refractivity contribution in [3.05, 3.63) is 28.7 Å². The molecule has 4 nitrogen and oxygen atoms in total. The van der Waals surface area contributed by atoms with Gasteiger partial charge in [-0.2, -0.15) is 4.31 Å². The van der Waals surface area contributed by atoms with Crippen molar-refractivity contribution >= 4 is 26.0 Å². The zero-order chi connectivity index (χ0) is 12.3. The SMILES string of the molecule is O=S(=O)(c1ccc(Br)cc1)N1CCCOCC1. The van der Waals surface area contributed by atoms with Gasteiger partial charge >= 0.3 is 0 Å². The van der Waals surface area contributed by atoms with Gasteiger partial charge < -0.3 is 4.74 Å². The Balaban J connectivity index is 2.25. The van der Waals surface area contributed by atoms with Crippen molar-refractivity contribution in [1.29, 1.82) is 0 Å². The van der Waals surface area contributed by atoms with Gasteiger partial charge in [-0.3, -0.25) is 0 Å². The highest BCUT2D eigenvalue weighted by molar-refractivity contribution is 9.10. The quantitative estimate of drug-likeness (QED) is 0.836. The third kappa shape index (κ3) is 3.07. The summed E-state index contributed by atoms with van der Waals surface area (Å²) in [4.78, 5) is 0.336. The van der Waals surface area contributed by atoms with Crippen LogP contribution in [0.1, 0.15) is 6.42 Å². The molecule has 1 aromatic rings. The lowest BCUT2D eigenvalue weighted by Crippen LogP contribution is -2.33. The maximum atomic E-state index is 12.3. The minimum atomic E-state index is -3.37. The van der Waals surface area contributed by atoms with Crippen molar-refractivity contribution in [2.45, 2.75) is 11.3 Å². The average molecular weight is 320 g/mol. The Morgan fingerprint density at radius 3 is 2.53 bits per heavy atom. The third-order valence-corrected chi connectivity index (χ3v) is 5.07. The molecule has 2 rings (SSSR count).